The highest BCUT2D eigenvalue weighted by molar-refractivity contribution is 5.94. The van der Waals surface area contributed by atoms with Crippen molar-refractivity contribution in [3.05, 3.63) is 23.9 Å². The van der Waals surface area contributed by atoms with E-state index in [1.165, 1.54) is 6.92 Å². The maximum atomic E-state index is 11.2. The lowest BCUT2D eigenvalue weighted by Crippen LogP contribution is -2.12. The second kappa shape index (κ2) is 10.3. The molecule has 0 aliphatic rings. The van der Waals surface area contributed by atoms with Gasteiger partial charge in [0.2, 0.25) is 5.88 Å². The van der Waals surface area contributed by atoms with Crippen LogP contribution >= 0.6 is 0 Å². The summed E-state index contributed by atoms with van der Waals surface area (Å²) in [6.45, 7) is 4.52. The van der Waals surface area contributed by atoms with Crippen LogP contribution in [0.25, 0.3) is 0 Å². The van der Waals surface area contributed by atoms with Gasteiger partial charge >= 0.3 is 0 Å². The zero-order valence-electron chi connectivity index (χ0n) is 12.0. The van der Waals surface area contributed by atoms with Crippen LogP contribution in [0.1, 0.15) is 17.3 Å². The number of methoxy groups -OCH3 is 1. The van der Waals surface area contributed by atoms with Crippen LogP contribution in [0.5, 0.6) is 5.88 Å². The van der Waals surface area contributed by atoms with Crippen molar-refractivity contribution >= 4 is 5.78 Å². The van der Waals surface area contributed by atoms with E-state index < -0.39 is 0 Å². The van der Waals surface area contributed by atoms with Gasteiger partial charge in [-0.2, -0.15) is 0 Å². The Hall–Kier alpha value is -1.50. The number of nitrogens with zero attached hydrogens (tertiary/aromatic N) is 1. The Labute approximate surface area is 119 Å². The first kappa shape index (κ1) is 16.6. The second-order valence-corrected chi connectivity index (χ2v) is 4.00. The lowest BCUT2D eigenvalue weighted by Gasteiger charge is -2.07. The SMILES string of the molecule is COCCOCCOCCOc1cc(C(C)=O)ccn1. The van der Waals surface area contributed by atoms with E-state index in [4.69, 9.17) is 18.9 Å². The lowest BCUT2D eigenvalue weighted by molar-refractivity contribution is 0.0176. The third kappa shape index (κ3) is 7.18. The topological polar surface area (TPSA) is 66.9 Å². The Kier molecular flexibility index (Phi) is 8.53. The Morgan fingerprint density at radius 2 is 1.75 bits per heavy atom. The molecule has 1 aromatic rings. The molecular formula is C14H21NO5. The number of pyridine rings is 1. The molecule has 1 aromatic heterocycles. The minimum atomic E-state index is -0.0123. The minimum absolute atomic E-state index is 0.0123. The zero-order chi connectivity index (χ0) is 14.6. The quantitative estimate of drug-likeness (QED) is 0.451. The number of rotatable bonds is 11. The van der Waals surface area contributed by atoms with Gasteiger partial charge in [0.1, 0.15) is 6.61 Å². The molecule has 0 fully saturated rings. The van der Waals surface area contributed by atoms with Crippen LogP contribution in [0.2, 0.25) is 0 Å². The van der Waals surface area contributed by atoms with Crippen LogP contribution in [-0.2, 0) is 14.2 Å². The van der Waals surface area contributed by atoms with E-state index in [2.05, 4.69) is 4.98 Å². The smallest absolute Gasteiger partial charge is 0.213 e. The van der Waals surface area contributed by atoms with Gasteiger partial charge < -0.3 is 18.9 Å². The first-order chi connectivity index (χ1) is 9.74. The monoisotopic (exact) mass is 283 g/mol. The van der Waals surface area contributed by atoms with Crippen molar-refractivity contribution in [1.82, 2.24) is 4.98 Å². The summed E-state index contributed by atoms with van der Waals surface area (Å²) < 4.78 is 20.8. The first-order valence-electron chi connectivity index (χ1n) is 6.48. The van der Waals surface area contributed by atoms with E-state index in [-0.39, 0.29) is 5.78 Å². The summed E-state index contributed by atoms with van der Waals surface area (Å²) in [6, 6.07) is 3.28. The first-order valence-corrected chi connectivity index (χ1v) is 6.48. The molecule has 0 amide bonds. The highest BCUT2D eigenvalue weighted by atomic mass is 16.6. The normalized spacial score (nSPS) is 10.5. The number of Topliss-reactive ketones (excluding diaryl/α,β-unsaturated/α-hetero) is 1. The highest BCUT2D eigenvalue weighted by Crippen LogP contribution is 2.09. The summed E-state index contributed by atoms with van der Waals surface area (Å²) in [7, 11) is 1.63. The van der Waals surface area contributed by atoms with Crippen molar-refractivity contribution in [3.8, 4) is 5.88 Å². The fraction of sp³-hybridized carbons (Fsp3) is 0.571. The van der Waals surface area contributed by atoms with E-state index in [1.807, 2.05) is 0 Å². The Balaban J connectivity index is 2.06. The minimum Gasteiger partial charge on any atom is -0.475 e. The van der Waals surface area contributed by atoms with Gasteiger partial charge in [-0.05, 0) is 13.0 Å². The average Bonchev–Trinajstić information content (AvgIpc) is 2.46. The zero-order valence-corrected chi connectivity index (χ0v) is 12.0. The van der Waals surface area contributed by atoms with E-state index in [1.54, 1.807) is 25.4 Å². The molecule has 0 atom stereocenters. The summed E-state index contributed by atoms with van der Waals surface area (Å²) in [4.78, 5) is 15.2. The summed E-state index contributed by atoms with van der Waals surface area (Å²) in [5, 5.41) is 0. The number of ether oxygens (including phenoxy) is 4. The summed E-state index contributed by atoms with van der Waals surface area (Å²) >= 11 is 0. The van der Waals surface area contributed by atoms with Crippen LogP contribution in [0.15, 0.2) is 18.3 Å². The number of ketones is 1. The van der Waals surface area contributed by atoms with Gasteiger partial charge in [-0.15, -0.1) is 0 Å². The Morgan fingerprint density at radius 3 is 2.40 bits per heavy atom. The van der Waals surface area contributed by atoms with Crippen molar-refractivity contribution in [3.63, 3.8) is 0 Å². The molecule has 0 bridgehead atoms. The molecule has 0 spiro atoms. The number of hydrogen-bond donors (Lipinski definition) is 0. The van der Waals surface area contributed by atoms with Gasteiger partial charge in [-0.25, -0.2) is 4.98 Å². The number of carbonyl (C=O) groups excluding carboxylic acids is 1. The van der Waals surface area contributed by atoms with Gasteiger partial charge in [0.25, 0.3) is 0 Å². The predicted molar refractivity (Wildman–Crippen MR) is 73.3 cm³/mol. The van der Waals surface area contributed by atoms with Crippen molar-refractivity contribution in [1.29, 1.82) is 0 Å². The number of hydrogen-bond acceptors (Lipinski definition) is 6. The van der Waals surface area contributed by atoms with Gasteiger partial charge in [-0.3, -0.25) is 4.79 Å². The molecule has 0 saturated carbocycles. The maximum absolute atomic E-state index is 11.2. The van der Waals surface area contributed by atoms with Crippen LogP contribution < -0.4 is 4.74 Å². The van der Waals surface area contributed by atoms with Crippen molar-refractivity contribution in [2.75, 3.05) is 46.8 Å². The molecule has 0 saturated heterocycles. The molecule has 0 aliphatic carbocycles. The van der Waals surface area contributed by atoms with Gasteiger partial charge in [-0.1, -0.05) is 0 Å². The fourth-order valence-electron chi connectivity index (χ4n) is 1.38. The van der Waals surface area contributed by atoms with Gasteiger partial charge in [0.05, 0.1) is 33.0 Å². The van der Waals surface area contributed by atoms with Crippen LogP contribution in [-0.4, -0.2) is 57.5 Å². The number of carbonyl (C=O) groups is 1. The standard InChI is InChI=1S/C14H21NO5/c1-12(16)13-3-4-15-14(11-13)20-10-9-19-8-7-18-6-5-17-2/h3-4,11H,5-10H2,1-2H3. The molecule has 0 radical (unpaired) electrons. The molecular weight excluding hydrogens is 262 g/mol. The van der Waals surface area contributed by atoms with Gasteiger partial charge in [0, 0.05) is 24.9 Å². The third-order valence-electron chi connectivity index (χ3n) is 2.42. The highest BCUT2D eigenvalue weighted by Gasteiger charge is 2.02. The van der Waals surface area contributed by atoms with E-state index in [0.29, 0.717) is 51.1 Å². The Bertz CT molecular complexity index is 397. The van der Waals surface area contributed by atoms with E-state index in [0.717, 1.165) is 0 Å². The largest absolute Gasteiger partial charge is 0.475 e. The maximum Gasteiger partial charge on any atom is 0.213 e. The third-order valence-corrected chi connectivity index (χ3v) is 2.42. The average molecular weight is 283 g/mol. The summed E-state index contributed by atoms with van der Waals surface area (Å²) in [5.41, 5.74) is 0.586. The van der Waals surface area contributed by atoms with Crippen molar-refractivity contribution in [2.24, 2.45) is 0 Å². The number of aromatic nitrogens is 1. The van der Waals surface area contributed by atoms with E-state index in [9.17, 15) is 4.79 Å². The van der Waals surface area contributed by atoms with Crippen LogP contribution in [0.3, 0.4) is 0 Å². The predicted octanol–water partition coefficient (Wildman–Crippen LogP) is 1.34. The van der Waals surface area contributed by atoms with Crippen LogP contribution in [0, 0.1) is 0 Å². The fourth-order valence-corrected chi connectivity index (χ4v) is 1.38. The molecule has 1 heterocycles. The Morgan fingerprint density at radius 1 is 1.10 bits per heavy atom. The molecule has 20 heavy (non-hydrogen) atoms. The van der Waals surface area contributed by atoms with E-state index >= 15 is 0 Å². The van der Waals surface area contributed by atoms with Crippen molar-refractivity contribution < 1.29 is 23.7 Å². The van der Waals surface area contributed by atoms with Gasteiger partial charge in [0.15, 0.2) is 5.78 Å². The second-order valence-electron chi connectivity index (χ2n) is 4.00. The molecule has 0 unspecified atom stereocenters. The molecule has 0 aliphatic heterocycles. The lowest BCUT2D eigenvalue weighted by atomic mass is 10.2. The molecule has 0 N–H and O–H groups in total. The van der Waals surface area contributed by atoms with Crippen molar-refractivity contribution in [2.45, 2.75) is 6.92 Å². The van der Waals surface area contributed by atoms with Crippen LogP contribution in [0.4, 0.5) is 0 Å². The summed E-state index contributed by atoms with van der Waals surface area (Å²) in [5.74, 6) is 0.416. The molecule has 6 nitrogen and oxygen atoms in total. The molecule has 112 valence electrons. The molecule has 0 aromatic carbocycles. The summed E-state index contributed by atoms with van der Waals surface area (Å²) in [6.07, 6.45) is 1.55. The molecule has 6 heteroatoms. The molecule has 1 rings (SSSR count).